The summed E-state index contributed by atoms with van der Waals surface area (Å²) in [4.78, 5) is 4.30. The van der Waals surface area contributed by atoms with E-state index in [1.807, 2.05) is 18.2 Å². The van der Waals surface area contributed by atoms with E-state index >= 15 is 0 Å². The Hall–Kier alpha value is -1.96. The average molecular weight is 211 g/mol. The van der Waals surface area contributed by atoms with Gasteiger partial charge in [0, 0.05) is 12.6 Å². The molecule has 1 aromatic heterocycles. The average Bonchev–Trinajstić information content (AvgIpc) is 2.73. The summed E-state index contributed by atoms with van der Waals surface area (Å²) < 4.78 is 12.8. The molecule has 1 nitrogen and oxygen atoms in total. The maximum atomic E-state index is 12.8. The van der Waals surface area contributed by atoms with Gasteiger partial charge < -0.3 is 0 Å². The van der Waals surface area contributed by atoms with Crippen LogP contribution >= 0.6 is 0 Å². The summed E-state index contributed by atoms with van der Waals surface area (Å²) in [7, 11) is 0. The van der Waals surface area contributed by atoms with Gasteiger partial charge in [-0.15, -0.1) is 0 Å². The third kappa shape index (κ3) is 1.52. The van der Waals surface area contributed by atoms with Gasteiger partial charge >= 0.3 is 0 Å². The lowest BCUT2D eigenvalue weighted by atomic mass is 10.0. The van der Waals surface area contributed by atoms with E-state index in [9.17, 15) is 4.39 Å². The lowest BCUT2D eigenvalue weighted by molar-refractivity contribution is 0.627. The summed E-state index contributed by atoms with van der Waals surface area (Å²) in [6.45, 7) is 0. The van der Waals surface area contributed by atoms with Crippen molar-refractivity contribution in [3.63, 3.8) is 0 Å². The SMILES string of the molecule is Fc1ccc(C2=Cc3ncccc3C2)cc1. The van der Waals surface area contributed by atoms with E-state index in [4.69, 9.17) is 0 Å². The third-order valence-electron chi connectivity index (χ3n) is 2.83. The summed E-state index contributed by atoms with van der Waals surface area (Å²) in [6, 6.07) is 10.6. The fourth-order valence-electron chi connectivity index (χ4n) is 2.00. The highest BCUT2D eigenvalue weighted by Gasteiger charge is 2.14. The summed E-state index contributed by atoms with van der Waals surface area (Å²) in [5.41, 5.74) is 4.54. The molecule has 2 aromatic rings. The largest absolute Gasteiger partial charge is 0.257 e. The monoisotopic (exact) mass is 211 g/mol. The van der Waals surface area contributed by atoms with Crippen molar-refractivity contribution < 1.29 is 4.39 Å². The quantitative estimate of drug-likeness (QED) is 0.705. The van der Waals surface area contributed by atoms with Crippen LogP contribution in [0.3, 0.4) is 0 Å². The predicted octanol–water partition coefficient (Wildman–Crippen LogP) is 3.32. The smallest absolute Gasteiger partial charge is 0.123 e. The molecule has 0 aliphatic heterocycles. The van der Waals surface area contributed by atoms with Crippen molar-refractivity contribution in [3.05, 3.63) is 65.2 Å². The normalized spacial score (nSPS) is 13.4. The van der Waals surface area contributed by atoms with E-state index in [1.165, 1.54) is 23.3 Å². The lowest BCUT2D eigenvalue weighted by Crippen LogP contribution is -1.86. The lowest BCUT2D eigenvalue weighted by Gasteiger charge is -2.01. The van der Waals surface area contributed by atoms with Crippen molar-refractivity contribution >= 4 is 11.6 Å². The number of rotatable bonds is 1. The highest BCUT2D eigenvalue weighted by atomic mass is 19.1. The van der Waals surface area contributed by atoms with Crippen molar-refractivity contribution in [1.29, 1.82) is 0 Å². The first-order valence-corrected chi connectivity index (χ1v) is 5.23. The molecule has 2 heteroatoms. The molecule has 0 spiro atoms. The summed E-state index contributed by atoms with van der Waals surface area (Å²) in [5, 5.41) is 0. The molecule has 0 bridgehead atoms. The van der Waals surface area contributed by atoms with Crippen LogP contribution in [0.4, 0.5) is 4.39 Å². The van der Waals surface area contributed by atoms with Crippen molar-refractivity contribution in [1.82, 2.24) is 4.98 Å². The topological polar surface area (TPSA) is 12.9 Å². The number of benzene rings is 1. The minimum atomic E-state index is -0.196. The van der Waals surface area contributed by atoms with E-state index in [0.29, 0.717) is 0 Å². The Morgan fingerprint density at radius 3 is 2.62 bits per heavy atom. The van der Waals surface area contributed by atoms with Gasteiger partial charge in [0.1, 0.15) is 5.82 Å². The molecular formula is C14H10FN. The van der Waals surface area contributed by atoms with E-state index in [0.717, 1.165) is 17.7 Å². The molecule has 1 aliphatic carbocycles. The van der Waals surface area contributed by atoms with Gasteiger partial charge in [0.05, 0.1) is 5.69 Å². The Bertz CT molecular complexity index is 555. The van der Waals surface area contributed by atoms with Crippen LogP contribution in [0.1, 0.15) is 16.8 Å². The molecule has 1 aliphatic rings. The number of halogens is 1. The fourth-order valence-corrected chi connectivity index (χ4v) is 2.00. The van der Waals surface area contributed by atoms with E-state index < -0.39 is 0 Å². The molecule has 0 saturated heterocycles. The Labute approximate surface area is 93.3 Å². The van der Waals surface area contributed by atoms with Gasteiger partial charge in [-0.25, -0.2) is 4.39 Å². The van der Waals surface area contributed by atoms with Crippen LogP contribution in [0.5, 0.6) is 0 Å². The Balaban J connectivity index is 1.98. The molecule has 1 heterocycles. The number of allylic oxidation sites excluding steroid dienone is 1. The van der Waals surface area contributed by atoms with Crippen molar-refractivity contribution in [2.24, 2.45) is 0 Å². The van der Waals surface area contributed by atoms with Gasteiger partial charge in [-0.05, 0) is 41.0 Å². The van der Waals surface area contributed by atoms with Gasteiger partial charge in [-0.1, -0.05) is 18.2 Å². The van der Waals surface area contributed by atoms with Crippen LogP contribution in [0.25, 0.3) is 11.6 Å². The molecule has 0 atom stereocenters. The molecule has 1 aromatic carbocycles. The van der Waals surface area contributed by atoms with Crippen LogP contribution in [0, 0.1) is 5.82 Å². The van der Waals surface area contributed by atoms with E-state index in [2.05, 4.69) is 17.1 Å². The standard InChI is InChI=1S/C14H10FN/c15-13-5-3-10(4-6-13)12-8-11-2-1-7-16-14(11)9-12/h1-7,9H,8H2. The Morgan fingerprint density at radius 1 is 1.06 bits per heavy atom. The Kier molecular flexibility index (Phi) is 2.07. The maximum absolute atomic E-state index is 12.8. The number of aromatic nitrogens is 1. The number of hydrogen-bond donors (Lipinski definition) is 0. The second kappa shape index (κ2) is 3.56. The first kappa shape index (κ1) is 9.28. The highest BCUT2D eigenvalue weighted by molar-refractivity contribution is 5.87. The summed E-state index contributed by atoms with van der Waals surface area (Å²) in [5.74, 6) is -0.196. The molecule has 3 rings (SSSR count). The van der Waals surface area contributed by atoms with Gasteiger partial charge in [0.2, 0.25) is 0 Å². The zero-order valence-electron chi connectivity index (χ0n) is 8.65. The van der Waals surface area contributed by atoms with Crippen LogP contribution in [-0.4, -0.2) is 4.98 Å². The minimum Gasteiger partial charge on any atom is -0.257 e. The molecule has 16 heavy (non-hydrogen) atoms. The molecule has 0 saturated carbocycles. The third-order valence-corrected chi connectivity index (χ3v) is 2.83. The van der Waals surface area contributed by atoms with Crippen LogP contribution < -0.4 is 0 Å². The number of nitrogens with zero attached hydrogens (tertiary/aromatic N) is 1. The number of fused-ring (bicyclic) bond motifs is 1. The van der Waals surface area contributed by atoms with Crippen LogP contribution in [0.2, 0.25) is 0 Å². The van der Waals surface area contributed by atoms with Crippen LogP contribution in [-0.2, 0) is 6.42 Å². The summed E-state index contributed by atoms with van der Waals surface area (Å²) >= 11 is 0. The molecule has 78 valence electrons. The number of pyridine rings is 1. The van der Waals surface area contributed by atoms with Gasteiger partial charge in [-0.2, -0.15) is 0 Å². The first-order valence-electron chi connectivity index (χ1n) is 5.23. The van der Waals surface area contributed by atoms with Crippen molar-refractivity contribution in [3.8, 4) is 0 Å². The molecule has 0 fully saturated rings. The zero-order valence-corrected chi connectivity index (χ0v) is 8.65. The van der Waals surface area contributed by atoms with Crippen molar-refractivity contribution in [2.45, 2.75) is 6.42 Å². The van der Waals surface area contributed by atoms with Crippen molar-refractivity contribution in [2.75, 3.05) is 0 Å². The van der Waals surface area contributed by atoms with E-state index in [-0.39, 0.29) is 5.82 Å². The maximum Gasteiger partial charge on any atom is 0.123 e. The Morgan fingerprint density at radius 2 is 1.88 bits per heavy atom. The predicted molar refractivity (Wildman–Crippen MR) is 62.2 cm³/mol. The molecular weight excluding hydrogens is 201 g/mol. The van der Waals surface area contributed by atoms with Gasteiger partial charge in [0.15, 0.2) is 0 Å². The summed E-state index contributed by atoms with van der Waals surface area (Å²) in [6.07, 6.45) is 4.75. The second-order valence-corrected chi connectivity index (χ2v) is 3.90. The first-order chi connectivity index (χ1) is 7.83. The molecule has 0 N–H and O–H groups in total. The number of hydrogen-bond acceptors (Lipinski definition) is 1. The van der Waals surface area contributed by atoms with Gasteiger partial charge in [-0.3, -0.25) is 4.98 Å². The second-order valence-electron chi connectivity index (χ2n) is 3.90. The van der Waals surface area contributed by atoms with E-state index in [1.54, 1.807) is 6.20 Å². The van der Waals surface area contributed by atoms with Crippen LogP contribution in [0.15, 0.2) is 42.6 Å². The molecule has 0 amide bonds. The minimum absolute atomic E-state index is 0.196. The molecule has 0 unspecified atom stereocenters. The zero-order chi connectivity index (χ0) is 11.0. The molecule has 0 radical (unpaired) electrons. The highest BCUT2D eigenvalue weighted by Crippen LogP contribution is 2.29. The fraction of sp³-hybridized carbons (Fsp3) is 0.0714. The van der Waals surface area contributed by atoms with Gasteiger partial charge in [0.25, 0.3) is 0 Å².